The van der Waals surface area contributed by atoms with Crippen LogP contribution in [0.5, 0.6) is 5.75 Å². The summed E-state index contributed by atoms with van der Waals surface area (Å²) < 4.78 is 5.65. The van der Waals surface area contributed by atoms with Gasteiger partial charge in [0.05, 0.1) is 5.39 Å². The number of fused-ring (bicyclic) bond motifs is 1. The highest BCUT2D eigenvalue weighted by Gasteiger charge is 2.06. The standard InChI is InChI=1S/C15H11ClN2O2/c16-10-4-3-5-11(8-10)20-9-14-12-6-1-2-7-13(12)15(19)18-17-14/h1-8H,9H2,(H,18,19). The molecule has 0 bridgehead atoms. The van der Waals surface area contributed by atoms with Gasteiger partial charge in [-0.25, -0.2) is 5.10 Å². The predicted molar refractivity (Wildman–Crippen MR) is 78.1 cm³/mol. The first kappa shape index (κ1) is 12.7. The van der Waals surface area contributed by atoms with Gasteiger partial charge >= 0.3 is 0 Å². The third-order valence-electron chi connectivity index (χ3n) is 2.95. The normalized spacial score (nSPS) is 10.7. The average molecular weight is 287 g/mol. The summed E-state index contributed by atoms with van der Waals surface area (Å²) in [5.74, 6) is 0.662. The number of nitrogens with zero attached hydrogens (tertiary/aromatic N) is 1. The molecule has 2 aromatic carbocycles. The molecule has 1 aromatic heterocycles. The van der Waals surface area contributed by atoms with Crippen molar-refractivity contribution in [3.8, 4) is 5.75 Å². The number of ether oxygens (including phenoxy) is 1. The lowest BCUT2D eigenvalue weighted by molar-refractivity contribution is 0.301. The summed E-state index contributed by atoms with van der Waals surface area (Å²) in [7, 11) is 0. The molecule has 0 amide bonds. The van der Waals surface area contributed by atoms with E-state index in [0.29, 0.717) is 21.9 Å². The van der Waals surface area contributed by atoms with Gasteiger partial charge in [-0.3, -0.25) is 4.79 Å². The number of aromatic nitrogens is 2. The van der Waals surface area contributed by atoms with Crippen molar-refractivity contribution in [1.29, 1.82) is 0 Å². The fraction of sp³-hybridized carbons (Fsp3) is 0.0667. The van der Waals surface area contributed by atoms with Crippen LogP contribution in [-0.4, -0.2) is 10.2 Å². The van der Waals surface area contributed by atoms with Gasteiger partial charge in [0.25, 0.3) is 5.56 Å². The minimum Gasteiger partial charge on any atom is -0.487 e. The van der Waals surface area contributed by atoms with E-state index in [1.54, 1.807) is 18.2 Å². The first-order valence-corrected chi connectivity index (χ1v) is 6.46. The highest BCUT2D eigenvalue weighted by atomic mass is 35.5. The number of rotatable bonds is 3. The van der Waals surface area contributed by atoms with Crippen molar-refractivity contribution in [1.82, 2.24) is 10.2 Å². The van der Waals surface area contributed by atoms with Crippen LogP contribution in [0, 0.1) is 0 Å². The number of halogens is 1. The van der Waals surface area contributed by atoms with E-state index in [1.807, 2.05) is 30.3 Å². The van der Waals surface area contributed by atoms with Crippen molar-refractivity contribution >= 4 is 22.4 Å². The van der Waals surface area contributed by atoms with Crippen LogP contribution in [0.2, 0.25) is 5.02 Å². The zero-order valence-electron chi connectivity index (χ0n) is 10.5. The SMILES string of the molecule is O=c1[nH]nc(COc2cccc(Cl)c2)c2ccccc12. The third-order valence-corrected chi connectivity index (χ3v) is 3.18. The summed E-state index contributed by atoms with van der Waals surface area (Å²) in [5, 5.41) is 8.53. The summed E-state index contributed by atoms with van der Waals surface area (Å²) in [5.41, 5.74) is 0.479. The van der Waals surface area contributed by atoms with E-state index in [0.717, 1.165) is 5.39 Å². The summed E-state index contributed by atoms with van der Waals surface area (Å²) in [6.07, 6.45) is 0. The zero-order chi connectivity index (χ0) is 13.9. The second kappa shape index (κ2) is 5.35. The van der Waals surface area contributed by atoms with E-state index < -0.39 is 0 Å². The summed E-state index contributed by atoms with van der Waals surface area (Å²) >= 11 is 5.90. The summed E-state index contributed by atoms with van der Waals surface area (Å²) in [6.45, 7) is 0.262. The molecule has 0 fully saturated rings. The van der Waals surface area contributed by atoms with Crippen LogP contribution in [0.15, 0.2) is 53.3 Å². The molecule has 1 N–H and O–H groups in total. The van der Waals surface area contributed by atoms with E-state index in [1.165, 1.54) is 0 Å². The smallest absolute Gasteiger partial charge is 0.272 e. The number of H-pyrrole nitrogens is 1. The van der Waals surface area contributed by atoms with Crippen LogP contribution in [0.1, 0.15) is 5.69 Å². The summed E-state index contributed by atoms with van der Waals surface area (Å²) in [6, 6.07) is 14.5. The van der Waals surface area contributed by atoms with Crippen LogP contribution in [0.25, 0.3) is 10.8 Å². The highest BCUT2D eigenvalue weighted by molar-refractivity contribution is 6.30. The lowest BCUT2D eigenvalue weighted by atomic mass is 10.1. The van der Waals surface area contributed by atoms with Gasteiger partial charge in [-0.05, 0) is 24.3 Å². The van der Waals surface area contributed by atoms with Crippen molar-refractivity contribution in [2.75, 3.05) is 0 Å². The fourth-order valence-corrected chi connectivity index (χ4v) is 2.17. The first-order valence-electron chi connectivity index (χ1n) is 6.09. The van der Waals surface area contributed by atoms with Crippen LogP contribution in [-0.2, 0) is 6.61 Å². The van der Waals surface area contributed by atoms with Gasteiger partial charge < -0.3 is 4.74 Å². The molecule has 0 unspecified atom stereocenters. The Balaban J connectivity index is 1.92. The van der Waals surface area contributed by atoms with Crippen molar-refractivity contribution in [3.63, 3.8) is 0 Å². The molecule has 20 heavy (non-hydrogen) atoms. The third kappa shape index (κ3) is 2.51. The molecule has 0 aliphatic heterocycles. The average Bonchev–Trinajstić information content (AvgIpc) is 2.47. The molecular weight excluding hydrogens is 276 g/mol. The van der Waals surface area contributed by atoms with E-state index in [4.69, 9.17) is 16.3 Å². The molecule has 0 radical (unpaired) electrons. The fourth-order valence-electron chi connectivity index (χ4n) is 1.99. The Morgan fingerprint density at radius 3 is 2.70 bits per heavy atom. The van der Waals surface area contributed by atoms with Gasteiger partial charge in [0, 0.05) is 10.4 Å². The van der Waals surface area contributed by atoms with Gasteiger partial charge in [-0.1, -0.05) is 35.9 Å². The van der Waals surface area contributed by atoms with Crippen molar-refractivity contribution in [2.24, 2.45) is 0 Å². The number of benzene rings is 2. The summed E-state index contributed by atoms with van der Waals surface area (Å²) in [4.78, 5) is 11.7. The quantitative estimate of drug-likeness (QED) is 0.805. The second-order valence-electron chi connectivity index (χ2n) is 4.29. The second-order valence-corrected chi connectivity index (χ2v) is 4.73. The van der Waals surface area contributed by atoms with E-state index in [9.17, 15) is 4.79 Å². The Morgan fingerprint density at radius 2 is 1.90 bits per heavy atom. The lowest BCUT2D eigenvalue weighted by Crippen LogP contribution is -2.12. The van der Waals surface area contributed by atoms with E-state index >= 15 is 0 Å². The maximum atomic E-state index is 11.7. The van der Waals surface area contributed by atoms with Crippen molar-refractivity contribution in [3.05, 3.63) is 69.6 Å². The lowest BCUT2D eigenvalue weighted by Gasteiger charge is -2.07. The Labute approximate surface area is 120 Å². The molecule has 0 aliphatic carbocycles. The van der Waals surface area contributed by atoms with Crippen LogP contribution >= 0.6 is 11.6 Å². The molecule has 4 nitrogen and oxygen atoms in total. The maximum absolute atomic E-state index is 11.7. The molecule has 5 heteroatoms. The molecule has 1 heterocycles. The van der Waals surface area contributed by atoms with Crippen LogP contribution < -0.4 is 10.3 Å². The van der Waals surface area contributed by atoms with Gasteiger partial charge in [-0.15, -0.1) is 0 Å². The molecular formula is C15H11ClN2O2. The highest BCUT2D eigenvalue weighted by Crippen LogP contribution is 2.19. The monoisotopic (exact) mass is 286 g/mol. The van der Waals surface area contributed by atoms with Gasteiger partial charge in [0.2, 0.25) is 0 Å². The minimum absolute atomic E-state index is 0.202. The number of nitrogens with one attached hydrogen (secondary N) is 1. The molecule has 0 spiro atoms. The molecule has 3 rings (SSSR count). The minimum atomic E-state index is -0.202. The number of hydrogen-bond donors (Lipinski definition) is 1. The largest absolute Gasteiger partial charge is 0.487 e. The van der Waals surface area contributed by atoms with Crippen LogP contribution in [0.4, 0.5) is 0 Å². The first-order chi connectivity index (χ1) is 9.74. The molecule has 100 valence electrons. The molecule has 0 saturated heterocycles. The molecule has 0 aliphatic rings. The van der Waals surface area contributed by atoms with Crippen LogP contribution in [0.3, 0.4) is 0 Å². The molecule has 0 saturated carbocycles. The van der Waals surface area contributed by atoms with Crippen molar-refractivity contribution in [2.45, 2.75) is 6.61 Å². The van der Waals surface area contributed by atoms with Gasteiger partial charge in [-0.2, -0.15) is 5.10 Å². The number of aromatic amines is 1. The number of hydrogen-bond acceptors (Lipinski definition) is 3. The molecule has 0 atom stereocenters. The Morgan fingerprint density at radius 1 is 1.10 bits per heavy atom. The molecule has 3 aromatic rings. The van der Waals surface area contributed by atoms with Crippen molar-refractivity contribution < 1.29 is 4.74 Å². The Hall–Kier alpha value is -2.33. The van der Waals surface area contributed by atoms with E-state index in [2.05, 4.69) is 10.2 Å². The maximum Gasteiger partial charge on any atom is 0.272 e. The van der Waals surface area contributed by atoms with Gasteiger partial charge in [0.15, 0.2) is 0 Å². The van der Waals surface area contributed by atoms with E-state index in [-0.39, 0.29) is 12.2 Å². The Bertz CT molecular complexity index is 814. The predicted octanol–water partition coefficient (Wildman–Crippen LogP) is 3.16. The Kier molecular flexibility index (Phi) is 3.39. The van der Waals surface area contributed by atoms with Gasteiger partial charge in [0.1, 0.15) is 18.1 Å². The topological polar surface area (TPSA) is 55.0 Å². The zero-order valence-corrected chi connectivity index (χ0v) is 11.2.